The van der Waals surface area contributed by atoms with Crippen molar-refractivity contribution in [2.45, 2.75) is 20.4 Å². The summed E-state index contributed by atoms with van der Waals surface area (Å²) in [5.41, 5.74) is 9.80. The zero-order valence-electron chi connectivity index (χ0n) is 24.2. The highest BCUT2D eigenvalue weighted by Gasteiger charge is 2.21. The van der Waals surface area contributed by atoms with Gasteiger partial charge in [0.2, 0.25) is 0 Å². The van der Waals surface area contributed by atoms with Crippen LogP contribution in [0.25, 0.3) is 33.5 Å². The van der Waals surface area contributed by atoms with Crippen LogP contribution in [0.5, 0.6) is 0 Å². The molecule has 2 heterocycles. The predicted octanol–water partition coefficient (Wildman–Crippen LogP) is 5.93. The Morgan fingerprint density at radius 3 is 2.23 bits per heavy atom. The van der Waals surface area contributed by atoms with Crippen LogP contribution in [0.2, 0.25) is 0 Å². The highest BCUT2D eigenvalue weighted by molar-refractivity contribution is 8.32. The zero-order chi connectivity index (χ0) is 28.4. The van der Waals surface area contributed by atoms with E-state index in [0.29, 0.717) is 32.2 Å². The fraction of sp³-hybridized carbons (Fsp3) is 0.448. The molecule has 4 rings (SSSR count). The Morgan fingerprint density at radius 2 is 1.56 bits per heavy atom. The topological polar surface area (TPSA) is 80.1 Å². The van der Waals surface area contributed by atoms with Crippen molar-refractivity contribution in [3.8, 4) is 22.6 Å². The van der Waals surface area contributed by atoms with E-state index in [4.69, 9.17) is 20.3 Å². The second-order valence-corrected chi connectivity index (χ2v) is 20.8. The Bertz CT molecular complexity index is 1440. The summed E-state index contributed by atoms with van der Waals surface area (Å²) in [4.78, 5) is 4.64. The first-order chi connectivity index (χ1) is 18.4. The Labute approximate surface area is 234 Å². The van der Waals surface area contributed by atoms with Gasteiger partial charge in [-0.15, -0.1) is 0 Å². The third-order valence-electron chi connectivity index (χ3n) is 6.54. The maximum Gasteiger partial charge on any atom is 0.163 e. The maximum atomic E-state index is 15.0. The Morgan fingerprint density at radius 1 is 0.897 bits per heavy atom. The number of benzene rings is 2. The summed E-state index contributed by atoms with van der Waals surface area (Å²) in [5.74, 6) is 2.37. The van der Waals surface area contributed by atoms with Crippen molar-refractivity contribution in [1.82, 2.24) is 19.3 Å². The summed E-state index contributed by atoms with van der Waals surface area (Å²) in [7, 11) is -1.29. The van der Waals surface area contributed by atoms with Crippen molar-refractivity contribution in [1.29, 1.82) is 0 Å². The Kier molecular flexibility index (Phi) is 9.00. The van der Waals surface area contributed by atoms with Gasteiger partial charge in [-0.05, 0) is 67.7 Å². The summed E-state index contributed by atoms with van der Waals surface area (Å²) >= 11 is 0. The number of fused-ring (bicyclic) bond motifs is 1. The number of halogens is 1. The van der Waals surface area contributed by atoms with Gasteiger partial charge in [-0.2, -0.15) is 5.10 Å². The molecule has 0 amide bonds. The van der Waals surface area contributed by atoms with Crippen LogP contribution < -0.4 is 5.73 Å². The molecule has 10 heteroatoms. The van der Waals surface area contributed by atoms with Crippen molar-refractivity contribution in [2.75, 3.05) is 68.0 Å². The number of nitrogens with two attached hydrogens (primary N) is 1. The molecule has 214 valence electrons. The molecule has 0 atom stereocenters. The van der Waals surface area contributed by atoms with Gasteiger partial charge < -0.3 is 19.8 Å². The number of hydrogen-bond acceptors (Lipinski definition) is 5. The minimum Gasteiger partial charge on any atom is -0.396 e. The van der Waals surface area contributed by atoms with E-state index >= 15 is 4.39 Å². The molecule has 0 radical (unpaired) electrons. The molecule has 2 N–H and O–H groups in total. The van der Waals surface area contributed by atoms with Crippen LogP contribution in [0, 0.1) is 12.7 Å². The number of anilines is 1. The molecule has 2 aromatic heterocycles. The molecule has 0 saturated carbocycles. The number of ether oxygens (including phenoxy) is 2. The lowest BCUT2D eigenvalue weighted by atomic mass is 9.97. The molecule has 39 heavy (non-hydrogen) atoms. The number of nitrogen functional groups attached to an aromatic ring is 1. The lowest BCUT2D eigenvalue weighted by molar-refractivity contribution is 0.0839. The largest absolute Gasteiger partial charge is 0.396 e. The molecule has 4 aromatic rings. The van der Waals surface area contributed by atoms with Crippen LogP contribution in [-0.4, -0.2) is 81.6 Å². The fourth-order valence-electron chi connectivity index (χ4n) is 4.32. The molecule has 2 aromatic carbocycles. The normalized spacial score (nSPS) is 13.3. The van der Waals surface area contributed by atoms with Crippen LogP contribution >= 0.6 is 20.1 Å². The maximum absolute atomic E-state index is 15.0. The standard InChI is InChI=1S/C29H42FN5O2S2/c1-21-22(23-9-8-10-25(31)26(23)30)11-12-24-27(33-35(28(21)24)20-37-16-18-39(5,6)7)29-32-13-14-34(29)19-36-15-17-38(2,3)4/h8-14H,15-20,31H2,1-7H3. The van der Waals surface area contributed by atoms with Crippen LogP contribution in [0.15, 0.2) is 42.7 Å². The molecule has 0 aliphatic carbocycles. The number of rotatable bonds is 12. The smallest absolute Gasteiger partial charge is 0.163 e. The number of hydrogen-bond donors (Lipinski definition) is 1. The quantitative estimate of drug-likeness (QED) is 0.167. The van der Waals surface area contributed by atoms with E-state index in [9.17, 15) is 0 Å². The van der Waals surface area contributed by atoms with Crippen LogP contribution in [0.3, 0.4) is 0 Å². The summed E-state index contributed by atoms with van der Waals surface area (Å²) in [6.45, 7) is 4.03. The van der Waals surface area contributed by atoms with Gasteiger partial charge in [-0.1, -0.05) is 18.2 Å². The summed E-state index contributed by atoms with van der Waals surface area (Å²) in [5, 5.41) is 5.90. The Hall–Kier alpha value is -2.53. The number of aryl methyl sites for hydroxylation is 1. The minimum absolute atomic E-state index is 0.129. The lowest BCUT2D eigenvalue weighted by Gasteiger charge is -2.24. The highest BCUT2D eigenvalue weighted by Crippen LogP contribution is 2.37. The van der Waals surface area contributed by atoms with E-state index in [1.165, 1.54) is 0 Å². The molecule has 0 spiro atoms. The Balaban J connectivity index is 1.73. The molecule has 0 unspecified atom stereocenters. The molecule has 0 saturated heterocycles. The van der Waals surface area contributed by atoms with Crippen molar-refractivity contribution in [2.24, 2.45) is 0 Å². The van der Waals surface area contributed by atoms with E-state index in [0.717, 1.165) is 45.1 Å². The number of imidazole rings is 1. The van der Waals surface area contributed by atoms with E-state index in [2.05, 4.69) is 42.5 Å². The third kappa shape index (κ3) is 7.16. The molecular formula is C29H42FN5O2S2. The van der Waals surface area contributed by atoms with Gasteiger partial charge in [0.25, 0.3) is 0 Å². The molecule has 0 aliphatic rings. The van der Waals surface area contributed by atoms with Crippen LogP contribution in [0.1, 0.15) is 5.56 Å². The SMILES string of the molecule is Cc1c(-c2cccc(N)c2F)ccc2c(-c3nccn3COCCS(C)(C)C)nn(COCCS(C)(C)C)c12. The molecule has 0 fully saturated rings. The van der Waals surface area contributed by atoms with Crippen molar-refractivity contribution in [3.63, 3.8) is 0 Å². The molecule has 0 bridgehead atoms. The first-order valence-corrected chi connectivity index (χ1v) is 18.9. The van der Waals surface area contributed by atoms with Crippen molar-refractivity contribution >= 4 is 36.6 Å². The highest BCUT2D eigenvalue weighted by atomic mass is 32.3. The van der Waals surface area contributed by atoms with Crippen molar-refractivity contribution in [3.05, 3.63) is 54.1 Å². The first kappa shape index (κ1) is 29.5. The third-order valence-corrected chi connectivity index (χ3v) is 9.32. The predicted molar refractivity (Wildman–Crippen MR) is 168 cm³/mol. The van der Waals surface area contributed by atoms with Gasteiger partial charge in [0.05, 0.1) is 24.4 Å². The average Bonchev–Trinajstić information content (AvgIpc) is 3.45. The van der Waals surface area contributed by atoms with E-state index in [-0.39, 0.29) is 5.69 Å². The monoisotopic (exact) mass is 575 g/mol. The van der Waals surface area contributed by atoms with E-state index < -0.39 is 25.9 Å². The van der Waals surface area contributed by atoms with E-state index in [1.807, 2.05) is 34.5 Å². The summed E-state index contributed by atoms with van der Waals surface area (Å²) < 4.78 is 31.0. The fourth-order valence-corrected chi connectivity index (χ4v) is 5.55. The van der Waals surface area contributed by atoms with Gasteiger partial charge in [0, 0.05) is 34.8 Å². The van der Waals surface area contributed by atoms with Gasteiger partial charge in [0.15, 0.2) is 11.6 Å². The second-order valence-electron chi connectivity index (χ2n) is 11.6. The van der Waals surface area contributed by atoms with Gasteiger partial charge in [0.1, 0.15) is 19.2 Å². The summed E-state index contributed by atoms with van der Waals surface area (Å²) in [6, 6.07) is 9.03. The van der Waals surface area contributed by atoms with E-state index in [1.54, 1.807) is 24.4 Å². The van der Waals surface area contributed by atoms with Crippen LogP contribution in [-0.2, 0) is 22.9 Å². The van der Waals surface area contributed by atoms with Crippen molar-refractivity contribution < 1.29 is 13.9 Å². The van der Waals surface area contributed by atoms with Gasteiger partial charge in [-0.3, -0.25) is 0 Å². The molecule has 0 aliphatic heterocycles. The van der Waals surface area contributed by atoms with Gasteiger partial charge in [-0.25, -0.2) is 34.1 Å². The average molecular weight is 576 g/mol. The minimum atomic E-state index is -0.671. The zero-order valence-corrected chi connectivity index (χ0v) is 25.8. The molecule has 7 nitrogen and oxygen atoms in total. The van der Waals surface area contributed by atoms with Gasteiger partial charge >= 0.3 is 0 Å². The first-order valence-electron chi connectivity index (χ1n) is 12.9. The number of aromatic nitrogens is 4. The second kappa shape index (κ2) is 11.9. The number of nitrogens with zero attached hydrogens (tertiary/aromatic N) is 4. The summed E-state index contributed by atoms with van der Waals surface area (Å²) in [6.07, 6.45) is 17.4. The lowest BCUT2D eigenvalue weighted by Crippen LogP contribution is -2.12. The molecular weight excluding hydrogens is 533 g/mol. The van der Waals surface area contributed by atoms with Crippen LogP contribution in [0.4, 0.5) is 10.1 Å².